The van der Waals surface area contributed by atoms with Crippen LogP contribution < -0.4 is 11.1 Å². The first-order valence-electron chi connectivity index (χ1n) is 8.26. The molecule has 2 fully saturated rings. The molecule has 0 aliphatic heterocycles. The van der Waals surface area contributed by atoms with Crippen LogP contribution in [0.3, 0.4) is 0 Å². The lowest BCUT2D eigenvalue weighted by atomic mass is 9.74. The van der Waals surface area contributed by atoms with Crippen LogP contribution in [0.15, 0.2) is 0 Å². The molecular formula is C16H30N2O2. The van der Waals surface area contributed by atoms with Crippen LogP contribution >= 0.6 is 0 Å². The van der Waals surface area contributed by atoms with Gasteiger partial charge in [-0.15, -0.1) is 0 Å². The molecular weight excluding hydrogens is 252 g/mol. The fourth-order valence-corrected chi connectivity index (χ4v) is 3.59. The van der Waals surface area contributed by atoms with Gasteiger partial charge in [-0.3, -0.25) is 4.79 Å². The molecule has 2 saturated carbocycles. The topological polar surface area (TPSA) is 64.3 Å². The third kappa shape index (κ3) is 4.19. The van der Waals surface area contributed by atoms with Crippen LogP contribution in [0.5, 0.6) is 0 Å². The highest BCUT2D eigenvalue weighted by Crippen LogP contribution is 2.35. The van der Waals surface area contributed by atoms with E-state index in [0.29, 0.717) is 25.0 Å². The Bertz CT molecular complexity index is 308. The normalized spacial score (nSPS) is 28.7. The van der Waals surface area contributed by atoms with Crippen molar-refractivity contribution in [1.29, 1.82) is 0 Å². The molecule has 0 unspecified atom stereocenters. The number of amides is 1. The van der Waals surface area contributed by atoms with E-state index in [-0.39, 0.29) is 11.3 Å². The van der Waals surface area contributed by atoms with Crippen molar-refractivity contribution in [3.05, 3.63) is 0 Å². The molecule has 0 saturated heterocycles. The predicted octanol–water partition coefficient (Wildman–Crippen LogP) is 2.22. The Kier molecular flexibility index (Phi) is 5.85. The highest BCUT2D eigenvalue weighted by atomic mass is 16.5. The van der Waals surface area contributed by atoms with Gasteiger partial charge in [0.05, 0.1) is 6.10 Å². The molecule has 20 heavy (non-hydrogen) atoms. The summed E-state index contributed by atoms with van der Waals surface area (Å²) in [5.41, 5.74) is 6.11. The second kappa shape index (κ2) is 7.41. The van der Waals surface area contributed by atoms with Crippen molar-refractivity contribution in [3.63, 3.8) is 0 Å². The van der Waals surface area contributed by atoms with E-state index >= 15 is 0 Å². The summed E-state index contributed by atoms with van der Waals surface area (Å²) in [5, 5.41) is 3.13. The Labute approximate surface area is 122 Å². The van der Waals surface area contributed by atoms with Crippen LogP contribution in [0.4, 0.5) is 0 Å². The minimum absolute atomic E-state index is 0.168. The Hall–Kier alpha value is -0.610. The van der Waals surface area contributed by atoms with Crippen molar-refractivity contribution in [2.75, 3.05) is 19.7 Å². The molecule has 2 rings (SSSR count). The van der Waals surface area contributed by atoms with Gasteiger partial charge in [0.2, 0.25) is 5.91 Å². The Morgan fingerprint density at radius 2 is 2.00 bits per heavy atom. The van der Waals surface area contributed by atoms with Crippen molar-refractivity contribution in [1.82, 2.24) is 5.32 Å². The van der Waals surface area contributed by atoms with E-state index in [0.717, 1.165) is 26.0 Å². The van der Waals surface area contributed by atoms with Gasteiger partial charge in [-0.1, -0.05) is 19.3 Å². The Morgan fingerprint density at radius 1 is 1.30 bits per heavy atom. The maximum absolute atomic E-state index is 12.0. The van der Waals surface area contributed by atoms with Crippen LogP contribution in [0.1, 0.15) is 58.3 Å². The number of rotatable bonds is 7. The fraction of sp³-hybridized carbons (Fsp3) is 0.938. The van der Waals surface area contributed by atoms with E-state index < -0.39 is 0 Å². The van der Waals surface area contributed by atoms with Crippen molar-refractivity contribution in [3.8, 4) is 0 Å². The first-order valence-corrected chi connectivity index (χ1v) is 8.26. The Balaban J connectivity index is 1.65. The van der Waals surface area contributed by atoms with Crippen molar-refractivity contribution < 1.29 is 9.53 Å². The summed E-state index contributed by atoms with van der Waals surface area (Å²) in [6, 6.07) is 0. The summed E-state index contributed by atoms with van der Waals surface area (Å²) in [7, 11) is 0. The summed E-state index contributed by atoms with van der Waals surface area (Å²) < 4.78 is 5.53. The number of carbonyl (C=O) groups is 1. The van der Waals surface area contributed by atoms with Gasteiger partial charge in [0, 0.05) is 19.6 Å². The smallest absolute Gasteiger partial charge is 0.220 e. The van der Waals surface area contributed by atoms with Gasteiger partial charge >= 0.3 is 0 Å². The summed E-state index contributed by atoms with van der Waals surface area (Å²) in [6.07, 6.45) is 9.30. The summed E-state index contributed by atoms with van der Waals surface area (Å²) in [6.45, 7) is 4.27. The number of hydrogen-bond donors (Lipinski definition) is 2. The SMILES string of the molecule is CCOC1CC(CC(=O)NCC2(CN)CCCCC2)C1. The lowest BCUT2D eigenvalue weighted by molar-refractivity contribution is -0.124. The zero-order valence-electron chi connectivity index (χ0n) is 12.8. The maximum atomic E-state index is 12.0. The standard InChI is InChI=1S/C16H30N2O2/c1-2-20-14-8-13(9-14)10-15(19)18-12-16(11-17)6-4-3-5-7-16/h13-14H,2-12,17H2,1H3,(H,18,19). The second-order valence-corrected chi connectivity index (χ2v) is 6.66. The molecule has 0 radical (unpaired) electrons. The van der Waals surface area contributed by atoms with Crippen LogP contribution in [0.25, 0.3) is 0 Å². The van der Waals surface area contributed by atoms with E-state index in [1.165, 1.54) is 32.1 Å². The predicted molar refractivity (Wildman–Crippen MR) is 80.3 cm³/mol. The molecule has 4 heteroatoms. The number of nitrogens with two attached hydrogens (primary N) is 1. The summed E-state index contributed by atoms with van der Waals surface area (Å²) in [5.74, 6) is 0.718. The van der Waals surface area contributed by atoms with E-state index in [4.69, 9.17) is 10.5 Å². The van der Waals surface area contributed by atoms with Gasteiger partial charge in [0.25, 0.3) is 0 Å². The highest BCUT2D eigenvalue weighted by molar-refractivity contribution is 5.76. The fourth-order valence-electron chi connectivity index (χ4n) is 3.59. The second-order valence-electron chi connectivity index (χ2n) is 6.66. The van der Waals surface area contributed by atoms with E-state index in [9.17, 15) is 4.79 Å². The Morgan fingerprint density at radius 3 is 2.60 bits per heavy atom. The maximum Gasteiger partial charge on any atom is 0.220 e. The molecule has 0 bridgehead atoms. The van der Waals surface area contributed by atoms with Crippen molar-refractivity contribution in [2.45, 2.75) is 64.4 Å². The molecule has 0 aromatic rings. The molecule has 1 amide bonds. The zero-order chi connectivity index (χ0) is 14.4. The van der Waals surface area contributed by atoms with Gasteiger partial charge < -0.3 is 15.8 Å². The van der Waals surface area contributed by atoms with Crippen molar-refractivity contribution in [2.24, 2.45) is 17.1 Å². The van der Waals surface area contributed by atoms with E-state index in [2.05, 4.69) is 5.32 Å². The van der Waals surface area contributed by atoms with Crippen LogP contribution in [-0.4, -0.2) is 31.7 Å². The monoisotopic (exact) mass is 282 g/mol. The summed E-state index contributed by atoms with van der Waals surface area (Å²) in [4.78, 5) is 12.0. The van der Waals surface area contributed by atoms with Gasteiger partial charge in [0.1, 0.15) is 0 Å². The quantitative estimate of drug-likeness (QED) is 0.752. The molecule has 0 aromatic carbocycles. The van der Waals surface area contributed by atoms with Gasteiger partial charge in [-0.25, -0.2) is 0 Å². The van der Waals surface area contributed by atoms with E-state index in [1.54, 1.807) is 0 Å². The minimum atomic E-state index is 0.168. The summed E-state index contributed by atoms with van der Waals surface area (Å²) >= 11 is 0. The molecule has 4 nitrogen and oxygen atoms in total. The number of ether oxygens (including phenoxy) is 1. The van der Waals surface area contributed by atoms with Gasteiger partial charge in [-0.2, -0.15) is 0 Å². The van der Waals surface area contributed by atoms with Crippen LogP contribution in [0, 0.1) is 11.3 Å². The lowest BCUT2D eigenvalue weighted by Gasteiger charge is -2.37. The largest absolute Gasteiger partial charge is 0.378 e. The third-order valence-electron chi connectivity index (χ3n) is 5.08. The average molecular weight is 282 g/mol. The molecule has 116 valence electrons. The lowest BCUT2D eigenvalue weighted by Crippen LogP contribution is -2.44. The molecule has 2 aliphatic rings. The number of carbonyl (C=O) groups excluding carboxylic acids is 1. The van der Waals surface area contributed by atoms with Crippen LogP contribution in [-0.2, 0) is 9.53 Å². The highest BCUT2D eigenvalue weighted by Gasteiger charge is 2.33. The molecule has 0 aromatic heterocycles. The first-order chi connectivity index (χ1) is 9.67. The van der Waals surface area contributed by atoms with Gasteiger partial charge in [-0.05, 0) is 50.5 Å². The van der Waals surface area contributed by atoms with E-state index in [1.807, 2.05) is 6.92 Å². The number of nitrogens with one attached hydrogen (secondary N) is 1. The molecule has 0 heterocycles. The number of hydrogen-bond acceptors (Lipinski definition) is 3. The minimum Gasteiger partial charge on any atom is -0.378 e. The average Bonchev–Trinajstić information content (AvgIpc) is 2.44. The van der Waals surface area contributed by atoms with Crippen LogP contribution in [0.2, 0.25) is 0 Å². The molecule has 0 spiro atoms. The van der Waals surface area contributed by atoms with Gasteiger partial charge in [0.15, 0.2) is 0 Å². The molecule has 2 aliphatic carbocycles. The van der Waals surface area contributed by atoms with Crippen molar-refractivity contribution >= 4 is 5.91 Å². The third-order valence-corrected chi connectivity index (χ3v) is 5.08. The molecule has 0 atom stereocenters. The first kappa shape index (κ1) is 15.8. The molecule has 3 N–H and O–H groups in total. The zero-order valence-corrected chi connectivity index (χ0v) is 12.8.